The van der Waals surface area contributed by atoms with Gasteiger partial charge in [0.15, 0.2) is 5.76 Å². The summed E-state index contributed by atoms with van der Waals surface area (Å²) in [6, 6.07) is 13.4. The van der Waals surface area contributed by atoms with Gasteiger partial charge in [0.25, 0.3) is 0 Å². The van der Waals surface area contributed by atoms with Crippen LogP contribution in [0.4, 0.5) is 5.69 Å². The third kappa shape index (κ3) is 3.99. The third-order valence-corrected chi connectivity index (χ3v) is 4.67. The van der Waals surface area contributed by atoms with Crippen LogP contribution in [0.3, 0.4) is 0 Å². The SMILES string of the molecule is Cc1ccc(C)c(NC(c2ccccc2Cl)c2oc(CO)cc(=O)c2O)c1. The van der Waals surface area contributed by atoms with E-state index in [1.807, 2.05) is 38.1 Å². The molecule has 5 nitrogen and oxygen atoms in total. The average Bonchev–Trinajstić information content (AvgIpc) is 2.65. The summed E-state index contributed by atoms with van der Waals surface area (Å²) in [5, 5.41) is 23.5. The van der Waals surface area contributed by atoms with Gasteiger partial charge in [-0.25, -0.2) is 0 Å². The van der Waals surface area contributed by atoms with Crippen molar-refractivity contribution in [3.63, 3.8) is 0 Å². The van der Waals surface area contributed by atoms with Crippen LogP contribution < -0.4 is 10.7 Å². The molecule has 3 aromatic rings. The normalized spacial score (nSPS) is 12.0. The number of rotatable bonds is 5. The minimum atomic E-state index is -0.724. The molecule has 27 heavy (non-hydrogen) atoms. The fraction of sp³-hybridized carbons (Fsp3) is 0.190. The zero-order chi connectivity index (χ0) is 19.6. The molecule has 1 unspecified atom stereocenters. The molecule has 6 heteroatoms. The number of hydrogen-bond acceptors (Lipinski definition) is 5. The van der Waals surface area contributed by atoms with Crippen LogP contribution in [0.25, 0.3) is 0 Å². The van der Waals surface area contributed by atoms with Gasteiger partial charge < -0.3 is 19.9 Å². The summed E-state index contributed by atoms with van der Waals surface area (Å²) in [7, 11) is 0. The molecule has 0 spiro atoms. The molecule has 0 aliphatic heterocycles. The van der Waals surface area contributed by atoms with E-state index in [1.165, 1.54) is 0 Å². The lowest BCUT2D eigenvalue weighted by Crippen LogP contribution is -2.17. The Labute approximate surface area is 161 Å². The molecule has 0 fully saturated rings. The van der Waals surface area contributed by atoms with Crippen LogP contribution in [0.1, 0.15) is 34.3 Å². The van der Waals surface area contributed by atoms with Gasteiger partial charge in [0.1, 0.15) is 18.4 Å². The first-order valence-corrected chi connectivity index (χ1v) is 8.83. The van der Waals surface area contributed by atoms with Gasteiger partial charge in [-0.1, -0.05) is 41.9 Å². The fourth-order valence-corrected chi connectivity index (χ4v) is 3.11. The topological polar surface area (TPSA) is 82.7 Å². The van der Waals surface area contributed by atoms with E-state index in [2.05, 4.69) is 5.32 Å². The maximum atomic E-state index is 12.1. The summed E-state index contributed by atoms with van der Waals surface area (Å²) < 4.78 is 5.63. The maximum absolute atomic E-state index is 12.1. The van der Waals surface area contributed by atoms with Gasteiger partial charge in [-0.3, -0.25) is 4.79 Å². The zero-order valence-electron chi connectivity index (χ0n) is 15.0. The maximum Gasteiger partial charge on any atom is 0.227 e. The summed E-state index contributed by atoms with van der Waals surface area (Å²) in [6.45, 7) is 3.46. The molecule has 1 atom stereocenters. The number of benzene rings is 2. The molecule has 1 aromatic heterocycles. The van der Waals surface area contributed by atoms with Crippen molar-refractivity contribution in [2.75, 3.05) is 5.32 Å². The van der Waals surface area contributed by atoms with Gasteiger partial charge in [0.05, 0.1) is 0 Å². The van der Waals surface area contributed by atoms with Crippen molar-refractivity contribution in [1.82, 2.24) is 0 Å². The first-order valence-electron chi connectivity index (χ1n) is 8.45. The van der Waals surface area contributed by atoms with Crippen LogP contribution in [0.5, 0.6) is 5.75 Å². The van der Waals surface area contributed by atoms with Crippen LogP contribution >= 0.6 is 11.6 Å². The van der Waals surface area contributed by atoms with E-state index in [-0.39, 0.29) is 11.5 Å². The Kier molecular flexibility index (Phi) is 5.54. The van der Waals surface area contributed by atoms with Crippen molar-refractivity contribution in [2.24, 2.45) is 0 Å². The van der Waals surface area contributed by atoms with Crippen molar-refractivity contribution in [3.8, 4) is 5.75 Å². The van der Waals surface area contributed by atoms with E-state index in [1.54, 1.807) is 18.2 Å². The van der Waals surface area contributed by atoms with Gasteiger partial charge in [0, 0.05) is 22.3 Å². The molecule has 0 aliphatic carbocycles. The number of aromatic hydroxyl groups is 1. The van der Waals surface area contributed by atoms with Crippen LogP contribution in [-0.4, -0.2) is 10.2 Å². The average molecular weight is 386 g/mol. The molecule has 0 saturated carbocycles. The highest BCUT2D eigenvalue weighted by molar-refractivity contribution is 6.31. The second kappa shape index (κ2) is 7.86. The van der Waals surface area contributed by atoms with Gasteiger partial charge in [-0.15, -0.1) is 0 Å². The molecule has 0 saturated heterocycles. The largest absolute Gasteiger partial charge is 0.502 e. The van der Waals surface area contributed by atoms with Gasteiger partial charge >= 0.3 is 0 Å². The lowest BCUT2D eigenvalue weighted by molar-refractivity contribution is 0.234. The molecule has 0 aliphatic rings. The molecule has 0 radical (unpaired) electrons. The number of halogens is 1. The van der Waals surface area contributed by atoms with Crippen LogP contribution in [-0.2, 0) is 6.61 Å². The Morgan fingerprint density at radius 2 is 1.89 bits per heavy atom. The fourth-order valence-electron chi connectivity index (χ4n) is 2.87. The number of aliphatic hydroxyl groups is 1. The molecule has 2 aromatic carbocycles. The van der Waals surface area contributed by atoms with Gasteiger partial charge in [-0.05, 0) is 37.1 Å². The molecule has 3 N–H and O–H groups in total. The van der Waals surface area contributed by atoms with Gasteiger partial charge in [0.2, 0.25) is 11.2 Å². The number of hydrogen-bond donors (Lipinski definition) is 3. The number of anilines is 1. The number of aryl methyl sites for hydroxylation is 2. The summed E-state index contributed by atoms with van der Waals surface area (Å²) in [6.07, 6.45) is 0. The lowest BCUT2D eigenvalue weighted by Gasteiger charge is -2.23. The van der Waals surface area contributed by atoms with E-state index < -0.39 is 23.8 Å². The Morgan fingerprint density at radius 1 is 1.15 bits per heavy atom. The minimum Gasteiger partial charge on any atom is -0.502 e. The Hall–Kier alpha value is -2.76. The zero-order valence-corrected chi connectivity index (χ0v) is 15.7. The Bertz CT molecular complexity index is 1030. The van der Waals surface area contributed by atoms with E-state index in [9.17, 15) is 15.0 Å². The first kappa shape index (κ1) is 19.0. The van der Waals surface area contributed by atoms with Crippen molar-refractivity contribution >= 4 is 17.3 Å². The lowest BCUT2D eigenvalue weighted by atomic mass is 10.0. The predicted molar refractivity (Wildman–Crippen MR) is 105 cm³/mol. The van der Waals surface area contributed by atoms with E-state index in [0.29, 0.717) is 10.6 Å². The van der Waals surface area contributed by atoms with Crippen LogP contribution in [0, 0.1) is 13.8 Å². The highest BCUT2D eigenvalue weighted by atomic mass is 35.5. The molecular formula is C21H20ClNO4. The van der Waals surface area contributed by atoms with E-state index in [0.717, 1.165) is 22.9 Å². The Balaban J connectivity index is 2.20. The number of aliphatic hydroxyl groups excluding tert-OH is 1. The van der Waals surface area contributed by atoms with E-state index in [4.69, 9.17) is 16.0 Å². The summed E-state index contributed by atoms with van der Waals surface area (Å²) in [4.78, 5) is 12.1. The molecular weight excluding hydrogens is 366 g/mol. The molecule has 0 amide bonds. The molecule has 3 rings (SSSR count). The van der Waals surface area contributed by atoms with Gasteiger partial charge in [-0.2, -0.15) is 0 Å². The monoisotopic (exact) mass is 385 g/mol. The van der Waals surface area contributed by atoms with Crippen molar-refractivity contribution in [3.05, 3.63) is 92.0 Å². The molecule has 0 bridgehead atoms. The van der Waals surface area contributed by atoms with Crippen molar-refractivity contribution < 1.29 is 14.6 Å². The molecule has 140 valence electrons. The second-order valence-electron chi connectivity index (χ2n) is 6.37. The number of nitrogens with one attached hydrogen (secondary N) is 1. The van der Waals surface area contributed by atoms with Crippen LogP contribution in [0.15, 0.2) is 57.7 Å². The summed E-state index contributed by atoms with van der Waals surface area (Å²) >= 11 is 6.38. The van der Waals surface area contributed by atoms with Crippen LogP contribution in [0.2, 0.25) is 5.02 Å². The minimum absolute atomic E-state index is 0.000515. The highest BCUT2D eigenvalue weighted by Gasteiger charge is 2.25. The third-order valence-electron chi connectivity index (χ3n) is 4.33. The summed E-state index contributed by atoms with van der Waals surface area (Å²) in [5.41, 5.74) is 2.86. The first-order chi connectivity index (χ1) is 12.9. The smallest absolute Gasteiger partial charge is 0.227 e. The summed E-state index contributed by atoms with van der Waals surface area (Å²) in [5.74, 6) is -0.455. The van der Waals surface area contributed by atoms with E-state index >= 15 is 0 Å². The Morgan fingerprint density at radius 3 is 2.59 bits per heavy atom. The standard InChI is InChI=1S/C21H20ClNO4/c1-12-7-8-13(2)17(9-12)23-19(15-5-3-4-6-16(15)22)21-20(26)18(25)10-14(11-24)27-21/h3-10,19,23-24,26H,11H2,1-2H3. The van der Waals surface area contributed by atoms with Crippen molar-refractivity contribution in [2.45, 2.75) is 26.5 Å². The predicted octanol–water partition coefficient (Wildman–Crippen LogP) is 4.31. The molecule has 1 heterocycles. The van der Waals surface area contributed by atoms with Crippen molar-refractivity contribution in [1.29, 1.82) is 0 Å². The second-order valence-corrected chi connectivity index (χ2v) is 6.77. The quantitative estimate of drug-likeness (QED) is 0.609. The highest BCUT2D eigenvalue weighted by Crippen LogP contribution is 2.35.